The largest absolute Gasteiger partial charge is 0.493 e. The van der Waals surface area contributed by atoms with Crippen LogP contribution in [0.2, 0.25) is 0 Å². The van der Waals surface area contributed by atoms with Crippen molar-refractivity contribution in [3.05, 3.63) is 23.8 Å². The van der Waals surface area contributed by atoms with E-state index in [2.05, 4.69) is 17.6 Å². The van der Waals surface area contributed by atoms with E-state index < -0.39 is 0 Å². The highest BCUT2D eigenvalue weighted by Crippen LogP contribution is 2.30. The zero-order valence-corrected chi connectivity index (χ0v) is 13.5. The van der Waals surface area contributed by atoms with Crippen molar-refractivity contribution in [2.45, 2.75) is 39.3 Å². The fourth-order valence-electron chi connectivity index (χ4n) is 1.80. The molecule has 2 unspecified atom stereocenters. The van der Waals surface area contributed by atoms with Crippen molar-refractivity contribution in [3.8, 4) is 11.5 Å². The monoisotopic (exact) mass is 294 g/mol. The summed E-state index contributed by atoms with van der Waals surface area (Å²) in [5.74, 6) is 1.08. The second-order valence-electron chi connectivity index (χ2n) is 5.09. The molecule has 0 fully saturated rings. The van der Waals surface area contributed by atoms with Crippen LogP contribution in [0, 0.1) is 0 Å². The first kappa shape index (κ1) is 17.3. The molecule has 0 aromatic heterocycles. The highest BCUT2D eigenvalue weighted by molar-refractivity contribution is 5.77. The Bertz CT molecular complexity index is 463. The van der Waals surface area contributed by atoms with Crippen molar-refractivity contribution in [2.24, 2.45) is 0 Å². The Morgan fingerprint density at radius 2 is 2.00 bits per heavy atom. The molecule has 118 valence electrons. The molecule has 1 amide bonds. The molecular weight excluding hydrogens is 268 g/mol. The predicted molar refractivity (Wildman–Crippen MR) is 83.9 cm³/mol. The van der Waals surface area contributed by atoms with Crippen molar-refractivity contribution in [2.75, 3.05) is 20.8 Å². The molecule has 0 aliphatic carbocycles. The summed E-state index contributed by atoms with van der Waals surface area (Å²) in [4.78, 5) is 11.7. The molecule has 0 spiro atoms. The number of ether oxygens (including phenoxy) is 2. The van der Waals surface area contributed by atoms with E-state index in [1.54, 1.807) is 7.11 Å². The summed E-state index contributed by atoms with van der Waals surface area (Å²) in [6.07, 6.45) is 0.895. The van der Waals surface area contributed by atoms with Crippen LogP contribution in [0.15, 0.2) is 18.2 Å². The van der Waals surface area contributed by atoms with Crippen molar-refractivity contribution >= 4 is 5.91 Å². The van der Waals surface area contributed by atoms with E-state index in [0.717, 1.165) is 12.0 Å². The van der Waals surface area contributed by atoms with E-state index in [4.69, 9.17) is 9.47 Å². The van der Waals surface area contributed by atoms with Gasteiger partial charge in [0.15, 0.2) is 18.1 Å². The maximum absolute atomic E-state index is 11.7. The highest BCUT2D eigenvalue weighted by atomic mass is 16.5. The van der Waals surface area contributed by atoms with Gasteiger partial charge in [-0.05, 0) is 45.0 Å². The average Bonchev–Trinajstić information content (AvgIpc) is 2.51. The topological polar surface area (TPSA) is 59.6 Å². The number of carbonyl (C=O) groups excluding carboxylic acids is 1. The molecule has 1 rings (SSSR count). The van der Waals surface area contributed by atoms with Gasteiger partial charge in [-0.25, -0.2) is 0 Å². The Hall–Kier alpha value is -1.75. The molecule has 0 heterocycles. The van der Waals surface area contributed by atoms with Crippen LogP contribution in [0.25, 0.3) is 0 Å². The lowest BCUT2D eigenvalue weighted by molar-refractivity contribution is -0.123. The number of rotatable bonds is 8. The summed E-state index contributed by atoms with van der Waals surface area (Å²) < 4.78 is 10.9. The molecule has 0 saturated carbocycles. The van der Waals surface area contributed by atoms with Gasteiger partial charge in [-0.3, -0.25) is 4.79 Å². The Morgan fingerprint density at radius 3 is 2.57 bits per heavy atom. The number of methoxy groups -OCH3 is 1. The van der Waals surface area contributed by atoms with Crippen LogP contribution < -0.4 is 20.1 Å². The van der Waals surface area contributed by atoms with Gasteiger partial charge in [0.2, 0.25) is 0 Å². The minimum absolute atomic E-state index is 0.0123. The molecule has 2 N–H and O–H groups in total. The molecule has 0 radical (unpaired) electrons. The smallest absolute Gasteiger partial charge is 0.258 e. The first-order valence-electron chi connectivity index (χ1n) is 7.29. The minimum atomic E-state index is -0.126. The third kappa shape index (κ3) is 5.27. The zero-order chi connectivity index (χ0) is 15.8. The second kappa shape index (κ2) is 8.52. The third-order valence-electron chi connectivity index (χ3n) is 3.50. The maximum atomic E-state index is 11.7. The molecule has 1 aromatic rings. The van der Waals surface area contributed by atoms with Crippen LogP contribution in [0.1, 0.15) is 38.8 Å². The first-order valence-corrected chi connectivity index (χ1v) is 7.29. The van der Waals surface area contributed by atoms with Crippen molar-refractivity contribution in [1.29, 1.82) is 0 Å². The minimum Gasteiger partial charge on any atom is -0.493 e. The van der Waals surface area contributed by atoms with Crippen LogP contribution in [-0.4, -0.2) is 32.7 Å². The molecule has 0 aliphatic heterocycles. The first-order chi connectivity index (χ1) is 10.0. The van der Waals surface area contributed by atoms with E-state index in [9.17, 15) is 4.79 Å². The summed E-state index contributed by atoms with van der Waals surface area (Å²) >= 11 is 0. The lowest BCUT2D eigenvalue weighted by Crippen LogP contribution is -2.35. The number of hydrogen-bond acceptors (Lipinski definition) is 4. The van der Waals surface area contributed by atoms with E-state index in [1.165, 1.54) is 0 Å². The molecule has 0 bridgehead atoms. The van der Waals surface area contributed by atoms with Gasteiger partial charge in [0.05, 0.1) is 7.11 Å². The lowest BCUT2D eigenvalue weighted by Gasteiger charge is -2.16. The Morgan fingerprint density at radius 1 is 1.29 bits per heavy atom. The van der Waals surface area contributed by atoms with Crippen molar-refractivity contribution < 1.29 is 14.3 Å². The normalized spacial score (nSPS) is 13.4. The number of carbonyl (C=O) groups is 1. The lowest BCUT2D eigenvalue weighted by atomic mass is 10.1. The van der Waals surface area contributed by atoms with Gasteiger partial charge in [-0.2, -0.15) is 0 Å². The van der Waals surface area contributed by atoms with Gasteiger partial charge in [-0.1, -0.05) is 13.0 Å². The van der Waals surface area contributed by atoms with Gasteiger partial charge in [-0.15, -0.1) is 0 Å². The van der Waals surface area contributed by atoms with Gasteiger partial charge < -0.3 is 20.1 Å². The van der Waals surface area contributed by atoms with Crippen LogP contribution in [0.5, 0.6) is 11.5 Å². The molecule has 0 saturated heterocycles. The Balaban J connectivity index is 2.68. The molecule has 5 heteroatoms. The van der Waals surface area contributed by atoms with E-state index in [0.29, 0.717) is 11.5 Å². The van der Waals surface area contributed by atoms with E-state index in [-0.39, 0.29) is 24.6 Å². The summed E-state index contributed by atoms with van der Waals surface area (Å²) in [7, 11) is 3.50. The van der Waals surface area contributed by atoms with Crippen molar-refractivity contribution in [1.82, 2.24) is 10.6 Å². The van der Waals surface area contributed by atoms with Crippen LogP contribution >= 0.6 is 0 Å². The van der Waals surface area contributed by atoms with Gasteiger partial charge in [0.1, 0.15) is 0 Å². The summed E-state index contributed by atoms with van der Waals surface area (Å²) in [6.45, 7) is 6.04. The van der Waals surface area contributed by atoms with Crippen LogP contribution in [0.4, 0.5) is 0 Å². The number of hydrogen-bond donors (Lipinski definition) is 2. The molecule has 5 nitrogen and oxygen atoms in total. The summed E-state index contributed by atoms with van der Waals surface area (Å²) in [5, 5.41) is 6.03. The summed E-state index contributed by atoms with van der Waals surface area (Å²) in [5.41, 5.74) is 1.10. The van der Waals surface area contributed by atoms with Gasteiger partial charge in [0.25, 0.3) is 5.91 Å². The van der Waals surface area contributed by atoms with E-state index >= 15 is 0 Å². The van der Waals surface area contributed by atoms with Gasteiger partial charge >= 0.3 is 0 Å². The fourth-order valence-corrected chi connectivity index (χ4v) is 1.80. The molecule has 2 atom stereocenters. The van der Waals surface area contributed by atoms with E-state index in [1.807, 2.05) is 39.1 Å². The zero-order valence-electron chi connectivity index (χ0n) is 13.5. The SMILES string of the molecule is CCC(C)NC(=O)COc1ccc(C(C)NC)cc1OC. The molecule has 1 aromatic carbocycles. The highest BCUT2D eigenvalue weighted by Gasteiger charge is 2.11. The number of benzene rings is 1. The van der Waals surface area contributed by atoms with Gasteiger partial charge in [0, 0.05) is 12.1 Å². The summed E-state index contributed by atoms with van der Waals surface area (Å²) in [6, 6.07) is 6.09. The predicted octanol–water partition coefficient (Wildman–Crippen LogP) is 2.27. The Kier molecular flexibility index (Phi) is 7.02. The Labute approximate surface area is 127 Å². The fraction of sp³-hybridized carbons (Fsp3) is 0.562. The third-order valence-corrected chi connectivity index (χ3v) is 3.50. The van der Waals surface area contributed by atoms with Crippen LogP contribution in [0.3, 0.4) is 0 Å². The quantitative estimate of drug-likeness (QED) is 0.772. The van der Waals surface area contributed by atoms with Crippen molar-refractivity contribution in [3.63, 3.8) is 0 Å². The maximum Gasteiger partial charge on any atom is 0.258 e. The van der Waals surface area contributed by atoms with Crippen LogP contribution in [-0.2, 0) is 4.79 Å². The number of nitrogens with one attached hydrogen (secondary N) is 2. The molecule has 21 heavy (non-hydrogen) atoms. The molecular formula is C16H26N2O3. The molecule has 0 aliphatic rings. The number of amides is 1. The average molecular weight is 294 g/mol. The standard InChI is InChI=1S/C16H26N2O3/c1-6-11(2)18-16(19)10-21-14-8-7-13(12(3)17-4)9-15(14)20-5/h7-9,11-12,17H,6,10H2,1-5H3,(H,18,19). The second-order valence-corrected chi connectivity index (χ2v) is 5.09.